The van der Waals surface area contributed by atoms with Crippen LogP contribution >= 0.6 is 0 Å². The van der Waals surface area contributed by atoms with E-state index in [2.05, 4.69) is 49.9 Å². The molecule has 1 N–H and O–H groups in total. The van der Waals surface area contributed by atoms with Gasteiger partial charge in [0.2, 0.25) is 5.88 Å². The lowest BCUT2D eigenvalue weighted by Gasteiger charge is -2.19. The van der Waals surface area contributed by atoms with Crippen molar-refractivity contribution in [3.8, 4) is 5.88 Å². The zero-order valence-electron chi connectivity index (χ0n) is 13.6. The molecule has 0 aliphatic heterocycles. The van der Waals surface area contributed by atoms with Gasteiger partial charge in [-0.15, -0.1) is 0 Å². The van der Waals surface area contributed by atoms with Crippen LogP contribution < -0.4 is 10.1 Å². The summed E-state index contributed by atoms with van der Waals surface area (Å²) < 4.78 is 5.90. The molecule has 0 fully saturated rings. The van der Waals surface area contributed by atoms with Crippen molar-refractivity contribution in [1.82, 2.24) is 9.97 Å². The van der Waals surface area contributed by atoms with Gasteiger partial charge in [-0.3, -0.25) is 0 Å². The molecule has 4 heteroatoms. The van der Waals surface area contributed by atoms with Gasteiger partial charge in [0.15, 0.2) is 0 Å². The Morgan fingerprint density at radius 1 is 1.15 bits per heavy atom. The second kappa shape index (κ2) is 8.08. The van der Waals surface area contributed by atoms with Gasteiger partial charge in [0.25, 0.3) is 0 Å². The van der Waals surface area contributed by atoms with E-state index in [0.717, 1.165) is 49.5 Å². The van der Waals surface area contributed by atoms with Gasteiger partial charge in [-0.1, -0.05) is 41.0 Å². The molecule has 20 heavy (non-hydrogen) atoms. The van der Waals surface area contributed by atoms with Crippen LogP contribution in [0.15, 0.2) is 6.33 Å². The predicted molar refractivity (Wildman–Crippen MR) is 84.4 cm³/mol. The molecule has 0 aromatic carbocycles. The lowest BCUT2D eigenvalue weighted by atomic mass is 9.93. The maximum atomic E-state index is 5.90. The topological polar surface area (TPSA) is 47.0 Å². The average molecular weight is 279 g/mol. The van der Waals surface area contributed by atoms with Crippen LogP contribution in [-0.2, 0) is 6.42 Å². The van der Waals surface area contributed by atoms with Crippen molar-refractivity contribution in [3.05, 3.63) is 11.9 Å². The van der Waals surface area contributed by atoms with Crippen molar-refractivity contribution in [2.45, 2.75) is 60.3 Å². The van der Waals surface area contributed by atoms with Crippen LogP contribution in [0.5, 0.6) is 5.88 Å². The van der Waals surface area contributed by atoms with Gasteiger partial charge in [0.1, 0.15) is 12.1 Å². The predicted octanol–water partition coefficient (Wildman–Crippen LogP) is 4.07. The molecule has 1 aromatic heterocycles. The number of rotatable bonds is 8. The van der Waals surface area contributed by atoms with E-state index in [0.29, 0.717) is 6.61 Å². The maximum Gasteiger partial charge on any atom is 0.221 e. The standard InChI is InChI=1S/C16H29N3O/c1-6-8-13-14(17-10-7-2)18-12-19-15(13)20-11-9-16(3,4)5/h12H,6-11H2,1-5H3,(H,17,18,19). The molecule has 0 radical (unpaired) electrons. The number of anilines is 1. The Kier molecular flexibility index (Phi) is 6.76. The molecular weight excluding hydrogens is 250 g/mol. The van der Waals surface area contributed by atoms with E-state index in [-0.39, 0.29) is 5.41 Å². The summed E-state index contributed by atoms with van der Waals surface area (Å²) in [6.07, 6.45) is 5.68. The molecule has 0 saturated carbocycles. The largest absolute Gasteiger partial charge is 0.477 e. The van der Waals surface area contributed by atoms with Crippen molar-refractivity contribution in [3.63, 3.8) is 0 Å². The first-order valence-corrected chi connectivity index (χ1v) is 7.68. The second-order valence-electron chi connectivity index (χ2n) is 6.34. The maximum absolute atomic E-state index is 5.90. The van der Waals surface area contributed by atoms with Crippen LogP contribution in [-0.4, -0.2) is 23.1 Å². The van der Waals surface area contributed by atoms with Crippen LogP contribution in [0.2, 0.25) is 0 Å². The lowest BCUT2D eigenvalue weighted by molar-refractivity contribution is 0.234. The fraction of sp³-hybridized carbons (Fsp3) is 0.750. The summed E-state index contributed by atoms with van der Waals surface area (Å²) in [6.45, 7) is 12.6. The van der Waals surface area contributed by atoms with Crippen LogP contribution in [0.3, 0.4) is 0 Å². The van der Waals surface area contributed by atoms with Crippen LogP contribution in [0.25, 0.3) is 0 Å². The molecular formula is C16H29N3O. The number of hydrogen-bond donors (Lipinski definition) is 1. The summed E-state index contributed by atoms with van der Waals surface area (Å²) in [5, 5.41) is 3.36. The van der Waals surface area contributed by atoms with Crippen molar-refractivity contribution in [1.29, 1.82) is 0 Å². The van der Waals surface area contributed by atoms with E-state index in [1.807, 2.05) is 0 Å². The Balaban J connectivity index is 2.77. The Morgan fingerprint density at radius 2 is 1.90 bits per heavy atom. The molecule has 4 nitrogen and oxygen atoms in total. The summed E-state index contributed by atoms with van der Waals surface area (Å²) in [6, 6.07) is 0. The van der Waals surface area contributed by atoms with Gasteiger partial charge in [-0.25, -0.2) is 9.97 Å². The fourth-order valence-corrected chi connectivity index (χ4v) is 1.85. The van der Waals surface area contributed by atoms with E-state index in [9.17, 15) is 0 Å². The number of hydrogen-bond acceptors (Lipinski definition) is 4. The highest BCUT2D eigenvalue weighted by Crippen LogP contribution is 2.25. The van der Waals surface area contributed by atoms with E-state index in [1.165, 1.54) is 0 Å². The van der Waals surface area contributed by atoms with E-state index in [4.69, 9.17) is 4.74 Å². The van der Waals surface area contributed by atoms with Gasteiger partial charge in [0.05, 0.1) is 12.2 Å². The summed E-state index contributed by atoms with van der Waals surface area (Å²) in [7, 11) is 0. The van der Waals surface area contributed by atoms with E-state index in [1.54, 1.807) is 6.33 Å². The monoisotopic (exact) mass is 279 g/mol. The van der Waals surface area contributed by atoms with Crippen LogP contribution in [0.4, 0.5) is 5.82 Å². The van der Waals surface area contributed by atoms with E-state index >= 15 is 0 Å². The third-order valence-electron chi connectivity index (χ3n) is 3.04. The highest BCUT2D eigenvalue weighted by Gasteiger charge is 2.14. The first-order valence-electron chi connectivity index (χ1n) is 7.68. The quantitative estimate of drug-likeness (QED) is 0.779. The molecule has 1 rings (SSSR count). The molecule has 1 aromatic rings. The van der Waals surface area contributed by atoms with Crippen LogP contribution in [0.1, 0.15) is 59.4 Å². The number of nitrogens with zero attached hydrogens (tertiary/aromatic N) is 2. The van der Waals surface area contributed by atoms with Crippen molar-refractivity contribution in [2.75, 3.05) is 18.5 Å². The summed E-state index contributed by atoms with van der Waals surface area (Å²) in [5.74, 6) is 1.67. The minimum absolute atomic E-state index is 0.279. The van der Waals surface area contributed by atoms with Gasteiger partial charge in [-0.2, -0.15) is 0 Å². The smallest absolute Gasteiger partial charge is 0.221 e. The Labute approximate surface area is 123 Å². The molecule has 0 aliphatic carbocycles. The molecule has 0 saturated heterocycles. The highest BCUT2D eigenvalue weighted by atomic mass is 16.5. The third-order valence-corrected chi connectivity index (χ3v) is 3.04. The fourth-order valence-electron chi connectivity index (χ4n) is 1.85. The number of nitrogens with one attached hydrogen (secondary N) is 1. The average Bonchev–Trinajstić information content (AvgIpc) is 2.37. The molecule has 0 amide bonds. The minimum atomic E-state index is 0.279. The van der Waals surface area contributed by atoms with Gasteiger partial charge in [0, 0.05) is 6.54 Å². The molecule has 0 spiro atoms. The molecule has 114 valence electrons. The highest BCUT2D eigenvalue weighted by molar-refractivity contribution is 5.48. The van der Waals surface area contributed by atoms with Crippen LogP contribution in [0, 0.1) is 5.41 Å². The molecule has 0 unspecified atom stereocenters. The van der Waals surface area contributed by atoms with Gasteiger partial charge in [-0.05, 0) is 24.7 Å². The third kappa shape index (κ3) is 5.76. The molecule has 0 atom stereocenters. The molecule has 0 aliphatic rings. The SMILES string of the molecule is CCCNc1ncnc(OCCC(C)(C)C)c1CCC. The summed E-state index contributed by atoms with van der Waals surface area (Å²) in [4.78, 5) is 8.66. The van der Waals surface area contributed by atoms with E-state index < -0.39 is 0 Å². The Morgan fingerprint density at radius 3 is 2.50 bits per heavy atom. The zero-order chi connectivity index (χ0) is 15.0. The van der Waals surface area contributed by atoms with Gasteiger partial charge >= 0.3 is 0 Å². The minimum Gasteiger partial charge on any atom is -0.477 e. The first-order chi connectivity index (χ1) is 9.48. The summed E-state index contributed by atoms with van der Waals surface area (Å²) >= 11 is 0. The van der Waals surface area contributed by atoms with Gasteiger partial charge < -0.3 is 10.1 Å². The lowest BCUT2D eigenvalue weighted by Crippen LogP contribution is -2.13. The molecule has 1 heterocycles. The normalized spacial score (nSPS) is 11.4. The Bertz CT molecular complexity index is 399. The number of ether oxygens (including phenoxy) is 1. The number of aromatic nitrogens is 2. The second-order valence-corrected chi connectivity index (χ2v) is 6.34. The zero-order valence-corrected chi connectivity index (χ0v) is 13.6. The Hall–Kier alpha value is -1.32. The van der Waals surface area contributed by atoms with Crippen molar-refractivity contribution < 1.29 is 4.74 Å². The van der Waals surface area contributed by atoms with Crippen molar-refractivity contribution >= 4 is 5.82 Å². The summed E-state index contributed by atoms with van der Waals surface area (Å²) in [5.41, 5.74) is 1.39. The van der Waals surface area contributed by atoms with Crippen molar-refractivity contribution in [2.24, 2.45) is 5.41 Å². The first kappa shape index (κ1) is 16.7. The molecule has 0 bridgehead atoms.